The van der Waals surface area contributed by atoms with Crippen LogP contribution in [-0.4, -0.2) is 18.5 Å². The Morgan fingerprint density at radius 2 is 1.85 bits per heavy atom. The molecule has 3 nitrogen and oxygen atoms in total. The fraction of sp³-hybridized carbons (Fsp3) is 0.188. The van der Waals surface area contributed by atoms with Gasteiger partial charge in [0.25, 0.3) is 5.91 Å². The summed E-state index contributed by atoms with van der Waals surface area (Å²) in [6, 6.07) is 15.6. The number of anilines is 1. The minimum Gasteiger partial charge on any atom is -0.326 e. The molecule has 20 heavy (non-hydrogen) atoms. The molecule has 102 valence electrons. The molecule has 1 heterocycles. The van der Waals surface area contributed by atoms with Crippen molar-refractivity contribution in [3.8, 4) is 0 Å². The van der Waals surface area contributed by atoms with Crippen LogP contribution in [0.2, 0.25) is 0 Å². The number of benzene rings is 2. The van der Waals surface area contributed by atoms with Gasteiger partial charge in [0.1, 0.15) is 0 Å². The van der Waals surface area contributed by atoms with Gasteiger partial charge in [-0.1, -0.05) is 30.3 Å². The molecule has 0 aliphatic carbocycles. The summed E-state index contributed by atoms with van der Waals surface area (Å²) >= 11 is 2.20. The largest absolute Gasteiger partial charge is 0.326 e. The molecule has 1 amide bonds. The molecule has 2 aromatic carbocycles. The van der Waals surface area contributed by atoms with Crippen molar-refractivity contribution in [2.45, 2.75) is 12.5 Å². The van der Waals surface area contributed by atoms with E-state index in [2.05, 4.69) is 22.6 Å². The van der Waals surface area contributed by atoms with Gasteiger partial charge < -0.3 is 10.6 Å². The molecule has 1 aliphatic rings. The first-order valence-corrected chi connectivity index (χ1v) is 7.64. The Balaban J connectivity index is 2.02. The molecule has 0 spiro atoms. The molecule has 0 bridgehead atoms. The summed E-state index contributed by atoms with van der Waals surface area (Å²) < 4.78 is 0.965. The molecule has 1 atom stereocenters. The van der Waals surface area contributed by atoms with E-state index in [4.69, 9.17) is 5.73 Å². The predicted molar refractivity (Wildman–Crippen MR) is 89.0 cm³/mol. The predicted octanol–water partition coefficient (Wildman–Crippen LogP) is 2.82. The molecule has 0 saturated carbocycles. The van der Waals surface area contributed by atoms with Gasteiger partial charge >= 0.3 is 0 Å². The van der Waals surface area contributed by atoms with Crippen molar-refractivity contribution < 1.29 is 4.79 Å². The minimum absolute atomic E-state index is 0.00442. The average Bonchev–Trinajstić information content (AvgIpc) is 2.46. The normalized spacial score (nSPS) is 17.7. The van der Waals surface area contributed by atoms with Crippen LogP contribution in [0.1, 0.15) is 15.9 Å². The van der Waals surface area contributed by atoms with Gasteiger partial charge in [0.2, 0.25) is 0 Å². The lowest BCUT2D eigenvalue weighted by Crippen LogP contribution is -2.46. The lowest BCUT2D eigenvalue weighted by atomic mass is 9.97. The summed E-state index contributed by atoms with van der Waals surface area (Å²) in [5.41, 5.74) is 8.96. The lowest BCUT2D eigenvalue weighted by molar-refractivity contribution is 0.0982. The highest BCUT2D eigenvalue weighted by molar-refractivity contribution is 14.1. The van der Waals surface area contributed by atoms with Crippen LogP contribution >= 0.6 is 22.6 Å². The third kappa shape index (κ3) is 2.45. The summed E-state index contributed by atoms with van der Waals surface area (Å²) in [6.07, 6.45) is 0.825. The number of amides is 1. The Kier molecular flexibility index (Phi) is 3.76. The summed E-state index contributed by atoms with van der Waals surface area (Å²) in [7, 11) is 0. The number of hydrogen-bond donors (Lipinski definition) is 1. The maximum atomic E-state index is 12.8. The van der Waals surface area contributed by atoms with Crippen molar-refractivity contribution in [2.75, 3.05) is 11.4 Å². The van der Waals surface area contributed by atoms with Crippen molar-refractivity contribution in [1.29, 1.82) is 0 Å². The Morgan fingerprint density at radius 1 is 1.15 bits per heavy atom. The Hall–Kier alpha value is -1.40. The molecule has 2 N–H and O–H groups in total. The van der Waals surface area contributed by atoms with Crippen LogP contribution in [0, 0.1) is 3.57 Å². The summed E-state index contributed by atoms with van der Waals surface area (Å²) in [5, 5.41) is 0. The number of rotatable bonds is 1. The number of carbonyl (C=O) groups is 1. The van der Waals surface area contributed by atoms with E-state index in [1.54, 1.807) is 4.90 Å². The third-order valence-electron chi connectivity index (χ3n) is 3.53. The smallest absolute Gasteiger partial charge is 0.259 e. The van der Waals surface area contributed by atoms with Crippen LogP contribution in [0.5, 0.6) is 0 Å². The second-order valence-electron chi connectivity index (χ2n) is 4.99. The number of hydrogen-bond acceptors (Lipinski definition) is 2. The number of para-hydroxylation sites is 1. The van der Waals surface area contributed by atoms with E-state index in [-0.39, 0.29) is 11.9 Å². The second kappa shape index (κ2) is 5.54. The lowest BCUT2D eigenvalue weighted by Gasteiger charge is -2.33. The monoisotopic (exact) mass is 378 g/mol. The van der Waals surface area contributed by atoms with Crippen LogP contribution in [0.15, 0.2) is 48.5 Å². The maximum Gasteiger partial charge on any atom is 0.259 e. The highest BCUT2D eigenvalue weighted by Gasteiger charge is 2.27. The summed E-state index contributed by atoms with van der Waals surface area (Å²) in [4.78, 5) is 14.6. The van der Waals surface area contributed by atoms with E-state index < -0.39 is 0 Å². The fourth-order valence-electron chi connectivity index (χ4n) is 2.60. The number of nitrogens with zero attached hydrogens (tertiary/aromatic N) is 1. The number of carbonyl (C=O) groups excluding carboxylic acids is 1. The van der Waals surface area contributed by atoms with Gasteiger partial charge in [0.05, 0.1) is 5.56 Å². The average molecular weight is 378 g/mol. The van der Waals surface area contributed by atoms with Crippen LogP contribution < -0.4 is 10.6 Å². The van der Waals surface area contributed by atoms with Crippen molar-refractivity contribution >= 4 is 34.2 Å². The zero-order valence-corrected chi connectivity index (χ0v) is 13.1. The van der Waals surface area contributed by atoms with Gasteiger partial charge in [0.15, 0.2) is 0 Å². The van der Waals surface area contributed by atoms with E-state index in [9.17, 15) is 4.79 Å². The first kappa shape index (κ1) is 13.6. The highest BCUT2D eigenvalue weighted by atomic mass is 127. The Morgan fingerprint density at radius 3 is 2.65 bits per heavy atom. The second-order valence-corrected chi connectivity index (χ2v) is 6.15. The summed E-state index contributed by atoms with van der Waals surface area (Å²) in [5.74, 6) is 0.0256. The molecular weight excluding hydrogens is 363 g/mol. The molecule has 1 unspecified atom stereocenters. The van der Waals surface area contributed by atoms with E-state index >= 15 is 0 Å². The van der Waals surface area contributed by atoms with Crippen molar-refractivity contribution in [3.05, 3.63) is 63.2 Å². The zero-order chi connectivity index (χ0) is 14.1. The topological polar surface area (TPSA) is 46.3 Å². The minimum atomic E-state index is -0.00442. The molecule has 0 aromatic heterocycles. The van der Waals surface area contributed by atoms with Gasteiger partial charge in [-0.05, 0) is 52.8 Å². The zero-order valence-electron chi connectivity index (χ0n) is 10.9. The highest BCUT2D eigenvalue weighted by Crippen LogP contribution is 2.28. The Labute approximate surface area is 131 Å². The van der Waals surface area contributed by atoms with Gasteiger partial charge in [-0.3, -0.25) is 4.79 Å². The molecule has 3 rings (SSSR count). The fourth-order valence-corrected chi connectivity index (χ4v) is 3.22. The van der Waals surface area contributed by atoms with Gasteiger partial charge in [-0.15, -0.1) is 0 Å². The van der Waals surface area contributed by atoms with E-state index in [0.717, 1.165) is 26.8 Å². The van der Waals surface area contributed by atoms with E-state index in [0.29, 0.717) is 6.54 Å². The molecule has 1 aliphatic heterocycles. The van der Waals surface area contributed by atoms with Crippen molar-refractivity contribution in [3.63, 3.8) is 0 Å². The molecule has 2 aromatic rings. The van der Waals surface area contributed by atoms with Crippen LogP contribution in [0.4, 0.5) is 5.69 Å². The maximum absolute atomic E-state index is 12.8. The molecule has 0 fully saturated rings. The van der Waals surface area contributed by atoms with Crippen LogP contribution in [0.3, 0.4) is 0 Å². The van der Waals surface area contributed by atoms with Gasteiger partial charge in [-0.2, -0.15) is 0 Å². The molecule has 4 heteroatoms. The van der Waals surface area contributed by atoms with Crippen molar-refractivity contribution in [2.24, 2.45) is 5.73 Å². The quantitative estimate of drug-likeness (QED) is 0.776. The number of nitrogens with two attached hydrogens (primary N) is 1. The summed E-state index contributed by atoms with van der Waals surface area (Å²) in [6.45, 7) is 0.570. The van der Waals surface area contributed by atoms with Gasteiger partial charge in [0, 0.05) is 21.8 Å². The SMILES string of the molecule is NC1Cc2ccccc2N(C(=O)c2ccccc2I)C1. The third-order valence-corrected chi connectivity index (χ3v) is 4.47. The standard InChI is InChI=1S/C16H15IN2O/c17-14-7-3-2-6-13(14)16(20)19-10-12(18)9-11-5-1-4-8-15(11)19/h1-8,12H,9-10,18H2. The Bertz CT molecular complexity index is 656. The molecular formula is C16H15IN2O. The first-order valence-electron chi connectivity index (χ1n) is 6.56. The van der Waals surface area contributed by atoms with Crippen molar-refractivity contribution in [1.82, 2.24) is 0 Å². The first-order chi connectivity index (χ1) is 9.66. The number of halogens is 1. The van der Waals surface area contributed by atoms with Crippen LogP contribution in [-0.2, 0) is 6.42 Å². The molecule has 0 radical (unpaired) electrons. The van der Waals surface area contributed by atoms with E-state index in [1.165, 1.54) is 0 Å². The van der Waals surface area contributed by atoms with Crippen LogP contribution in [0.25, 0.3) is 0 Å². The van der Waals surface area contributed by atoms with Gasteiger partial charge in [-0.25, -0.2) is 0 Å². The van der Waals surface area contributed by atoms with E-state index in [1.807, 2.05) is 48.5 Å². The number of fused-ring (bicyclic) bond motifs is 1. The molecule has 0 saturated heterocycles.